The van der Waals surface area contributed by atoms with E-state index in [4.69, 9.17) is 10.2 Å². The van der Waals surface area contributed by atoms with Gasteiger partial charge in [-0.05, 0) is 12.1 Å². The Bertz CT molecular complexity index is 689. The average Bonchev–Trinajstić information content (AvgIpc) is 2.28. The SMILES string of the molecule is O=C(O)c1ccc2c(=O)c(C(=O)O)c[nH]c2n1. The lowest BCUT2D eigenvalue weighted by atomic mass is 10.2. The number of aromatic nitrogens is 2. The third kappa shape index (κ3) is 1.73. The zero-order valence-electron chi connectivity index (χ0n) is 8.30. The fourth-order valence-corrected chi connectivity index (χ4v) is 1.38. The van der Waals surface area contributed by atoms with Crippen molar-refractivity contribution >= 4 is 23.0 Å². The van der Waals surface area contributed by atoms with Crippen molar-refractivity contribution in [2.75, 3.05) is 0 Å². The summed E-state index contributed by atoms with van der Waals surface area (Å²) < 4.78 is 0. The molecular formula is C10H6N2O5. The van der Waals surface area contributed by atoms with Gasteiger partial charge >= 0.3 is 11.9 Å². The average molecular weight is 234 g/mol. The first-order chi connectivity index (χ1) is 8.00. The van der Waals surface area contributed by atoms with Gasteiger partial charge in [-0.2, -0.15) is 0 Å². The van der Waals surface area contributed by atoms with Crippen LogP contribution in [0.25, 0.3) is 11.0 Å². The van der Waals surface area contributed by atoms with Crippen LogP contribution in [0.4, 0.5) is 0 Å². The van der Waals surface area contributed by atoms with Gasteiger partial charge < -0.3 is 15.2 Å². The second-order valence-electron chi connectivity index (χ2n) is 3.23. The van der Waals surface area contributed by atoms with Gasteiger partial charge in [-0.1, -0.05) is 0 Å². The number of carbonyl (C=O) groups is 2. The van der Waals surface area contributed by atoms with E-state index < -0.39 is 22.9 Å². The van der Waals surface area contributed by atoms with Gasteiger partial charge in [-0.25, -0.2) is 14.6 Å². The molecule has 0 saturated carbocycles. The molecule has 0 unspecified atom stereocenters. The highest BCUT2D eigenvalue weighted by Gasteiger charge is 2.13. The van der Waals surface area contributed by atoms with Crippen molar-refractivity contribution in [2.45, 2.75) is 0 Å². The lowest BCUT2D eigenvalue weighted by molar-refractivity contribution is 0.0681. The van der Waals surface area contributed by atoms with Crippen molar-refractivity contribution in [2.24, 2.45) is 0 Å². The van der Waals surface area contributed by atoms with E-state index in [2.05, 4.69) is 9.97 Å². The number of hydrogen-bond acceptors (Lipinski definition) is 4. The summed E-state index contributed by atoms with van der Waals surface area (Å²) in [5, 5.41) is 17.5. The maximum absolute atomic E-state index is 11.7. The summed E-state index contributed by atoms with van der Waals surface area (Å²) in [5.41, 5.74) is -1.30. The molecule has 0 bridgehead atoms. The van der Waals surface area contributed by atoms with Crippen LogP contribution in [0.5, 0.6) is 0 Å². The summed E-state index contributed by atoms with van der Waals surface area (Å²) >= 11 is 0. The third-order valence-electron chi connectivity index (χ3n) is 2.19. The lowest BCUT2D eigenvalue weighted by Gasteiger charge is -2.00. The minimum absolute atomic E-state index is 0.0369. The molecule has 0 amide bonds. The Morgan fingerprint density at radius 1 is 1.18 bits per heavy atom. The van der Waals surface area contributed by atoms with Crippen molar-refractivity contribution in [3.63, 3.8) is 0 Å². The van der Waals surface area contributed by atoms with Crippen molar-refractivity contribution in [3.8, 4) is 0 Å². The molecule has 7 nitrogen and oxygen atoms in total. The van der Waals surface area contributed by atoms with Gasteiger partial charge in [-0.15, -0.1) is 0 Å². The molecule has 0 aromatic carbocycles. The van der Waals surface area contributed by atoms with Crippen LogP contribution in [0.15, 0.2) is 23.1 Å². The van der Waals surface area contributed by atoms with Crippen LogP contribution >= 0.6 is 0 Å². The molecule has 0 fully saturated rings. The molecule has 2 heterocycles. The molecule has 3 N–H and O–H groups in total. The zero-order chi connectivity index (χ0) is 12.6. The number of pyridine rings is 2. The molecule has 0 atom stereocenters. The molecule has 0 radical (unpaired) electrons. The Labute approximate surface area is 93.4 Å². The predicted molar refractivity (Wildman–Crippen MR) is 56.3 cm³/mol. The second kappa shape index (κ2) is 3.71. The van der Waals surface area contributed by atoms with Crippen LogP contribution in [0.2, 0.25) is 0 Å². The molecule has 0 aliphatic rings. The standard InChI is InChI=1S/C10H6N2O5/c13-7-4-1-2-6(10(16)17)12-8(4)11-3-5(7)9(14)15/h1-3H,(H,14,15)(H,16,17)(H,11,12,13). The quantitative estimate of drug-likeness (QED) is 0.688. The zero-order valence-corrected chi connectivity index (χ0v) is 8.30. The molecule has 2 aromatic rings. The van der Waals surface area contributed by atoms with Crippen LogP contribution in [0.3, 0.4) is 0 Å². The van der Waals surface area contributed by atoms with E-state index in [9.17, 15) is 14.4 Å². The van der Waals surface area contributed by atoms with Gasteiger partial charge in [0, 0.05) is 6.20 Å². The second-order valence-corrected chi connectivity index (χ2v) is 3.23. The number of fused-ring (bicyclic) bond motifs is 1. The van der Waals surface area contributed by atoms with Gasteiger partial charge in [0.15, 0.2) is 5.69 Å². The number of carboxylic acid groups (broad SMARTS) is 2. The fraction of sp³-hybridized carbons (Fsp3) is 0. The maximum Gasteiger partial charge on any atom is 0.354 e. The highest BCUT2D eigenvalue weighted by molar-refractivity contribution is 5.93. The number of nitrogens with zero attached hydrogens (tertiary/aromatic N) is 1. The van der Waals surface area contributed by atoms with E-state index >= 15 is 0 Å². The van der Waals surface area contributed by atoms with Crippen LogP contribution in [-0.4, -0.2) is 32.1 Å². The Balaban J connectivity index is 2.77. The number of nitrogens with one attached hydrogen (secondary N) is 1. The largest absolute Gasteiger partial charge is 0.477 e. The molecule has 86 valence electrons. The normalized spacial score (nSPS) is 10.4. The van der Waals surface area contributed by atoms with E-state index in [0.717, 1.165) is 12.3 Å². The number of carboxylic acids is 2. The Kier molecular flexibility index (Phi) is 2.36. The fourth-order valence-electron chi connectivity index (χ4n) is 1.38. The number of hydrogen-bond donors (Lipinski definition) is 3. The Morgan fingerprint density at radius 3 is 2.47 bits per heavy atom. The molecule has 0 aliphatic heterocycles. The highest BCUT2D eigenvalue weighted by Crippen LogP contribution is 2.07. The van der Waals surface area contributed by atoms with Gasteiger partial charge in [0.25, 0.3) is 0 Å². The minimum atomic E-state index is -1.35. The summed E-state index contributed by atoms with van der Waals surface area (Å²) in [5.74, 6) is -2.58. The van der Waals surface area contributed by atoms with Gasteiger partial charge in [0.2, 0.25) is 5.43 Å². The van der Waals surface area contributed by atoms with E-state index in [1.165, 1.54) is 6.07 Å². The van der Waals surface area contributed by atoms with Crippen LogP contribution in [-0.2, 0) is 0 Å². The number of H-pyrrole nitrogens is 1. The first-order valence-corrected chi connectivity index (χ1v) is 4.49. The minimum Gasteiger partial charge on any atom is -0.477 e. The van der Waals surface area contributed by atoms with Crippen LogP contribution in [0.1, 0.15) is 20.8 Å². The molecule has 0 spiro atoms. The molecule has 2 aromatic heterocycles. The molecule has 7 heteroatoms. The van der Waals surface area contributed by atoms with Gasteiger partial charge in [0.1, 0.15) is 11.2 Å². The summed E-state index contributed by atoms with van der Waals surface area (Å²) in [6, 6.07) is 2.38. The van der Waals surface area contributed by atoms with Crippen molar-refractivity contribution < 1.29 is 19.8 Å². The molecule has 2 rings (SSSR count). The topological polar surface area (TPSA) is 120 Å². The Morgan fingerprint density at radius 2 is 1.88 bits per heavy atom. The molecular weight excluding hydrogens is 228 g/mol. The summed E-state index contributed by atoms with van der Waals surface area (Å²) in [7, 11) is 0. The number of aromatic amines is 1. The molecule has 0 saturated heterocycles. The van der Waals surface area contributed by atoms with Crippen molar-refractivity contribution in [1.29, 1.82) is 0 Å². The Hall–Kier alpha value is -2.70. The van der Waals surface area contributed by atoms with Crippen LogP contribution in [0, 0.1) is 0 Å². The predicted octanol–water partition coefficient (Wildman–Crippen LogP) is 0.319. The third-order valence-corrected chi connectivity index (χ3v) is 2.19. The summed E-state index contributed by atoms with van der Waals surface area (Å²) in [4.78, 5) is 39.2. The van der Waals surface area contributed by atoms with Gasteiger partial charge in [-0.3, -0.25) is 4.79 Å². The van der Waals surface area contributed by atoms with Gasteiger partial charge in [0.05, 0.1) is 5.39 Å². The summed E-state index contributed by atoms with van der Waals surface area (Å²) in [6.07, 6.45) is 0.992. The first kappa shape index (κ1) is 10.8. The number of rotatable bonds is 2. The van der Waals surface area contributed by atoms with E-state index in [0.29, 0.717) is 0 Å². The highest BCUT2D eigenvalue weighted by atomic mass is 16.4. The van der Waals surface area contributed by atoms with Crippen molar-refractivity contribution in [3.05, 3.63) is 39.8 Å². The monoisotopic (exact) mass is 234 g/mol. The van der Waals surface area contributed by atoms with E-state index in [-0.39, 0.29) is 16.7 Å². The van der Waals surface area contributed by atoms with E-state index in [1.807, 2.05) is 0 Å². The van der Waals surface area contributed by atoms with E-state index in [1.54, 1.807) is 0 Å². The maximum atomic E-state index is 11.7. The molecule has 0 aliphatic carbocycles. The van der Waals surface area contributed by atoms with Crippen LogP contribution < -0.4 is 5.43 Å². The first-order valence-electron chi connectivity index (χ1n) is 4.49. The van der Waals surface area contributed by atoms with Crippen molar-refractivity contribution in [1.82, 2.24) is 9.97 Å². The molecule has 17 heavy (non-hydrogen) atoms. The lowest BCUT2D eigenvalue weighted by Crippen LogP contribution is -2.16. The number of aromatic carboxylic acids is 2. The smallest absolute Gasteiger partial charge is 0.354 e. The summed E-state index contributed by atoms with van der Waals surface area (Å²) in [6.45, 7) is 0.